The van der Waals surface area contributed by atoms with Crippen LogP contribution in [0.1, 0.15) is 5.89 Å². The summed E-state index contributed by atoms with van der Waals surface area (Å²) in [4.78, 5) is 4.31. The van der Waals surface area contributed by atoms with E-state index in [4.69, 9.17) is 20.9 Å². The van der Waals surface area contributed by atoms with Crippen molar-refractivity contribution in [2.24, 2.45) is 0 Å². The maximum atomic E-state index is 5.97. The molecule has 8 nitrogen and oxygen atoms in total. The van der Waals surface area contributed by atoms with Crippen LogP contribution in [0.15, 0.2) is 59.4 Å². The molecule has 0 atom stereocenters. The van der Waals surface area contributed by atoms with E-state index in [-0.39, 0.29) is 6.61 Å². The van der Waals surface area contributed by atoms with Gasteiger partial charge in [0.15, 0.2) is 6.61 Å². The summed E-state index contributed by atoms with van der Waals surface area (Å²) in [5.41, 5.74) is 1.57. The molecular formula is C16H11ClN6O2. The van der Waals surface area contributed by atoms with E-state index in [1.165, 1.54) is 11.0 Å². The van der Waals surface area contributed by atoms with E-state index in [1.54, 1.807) is 12.1 Å². The van der Waals surface area contributed by atoms with Gasteiger partial charge in [-0.15, -0.1) is 5.10 Å². The molecule has 0 bridgehead atoms. The van der Waals surface area contributed by atoms with Crippen LogP contribution in [0.5, 0.6) is 5.75 Å². The predicted molar refractivity (Wildman–Crippen MR) is 88.2 cm³/mol. The molecule has 4 rings (SSSR count). The Labute approximate surface area is 147 Å². The Hall–Kier alpha value is -3.26. The zero-order chi connectivity index (χ0) is 17.1. The molecule has 0 fully saturated rings. The van der Waals surface area contributed by atoms with Gasteiger partial charge < -0.3 is 9.26 Å². The highest BCUT2D eigenvalue weighted by Gasteiger charge is 2.10. The second-order valence-electron chi connectivity index (χ2n) is 5.06. The van der Waals surface area contributed by atoms with Crippen LogP contribution in [0, 0.1) is 0 Å². The summed E-state index contributed by atoms with van der Waals surface area (Å²) in [6, 6.07) is 14.6. The molecule has 2 aromatic carbocycles. The van der Waals surface area contributed by atoms with Crippen LogP contribution in [0.4, 0.5) is 0 Å². The van der Waals surface area contributed by atoms with Gasteiger partial charge >= 0.3 is 0 Å². The minimum Gasteiger partial charge on any atom is -0.484 e. The molecule has 0 saturated carbocycles. The maximum Gasteiger partial charge on any atom is 0.264 e. The van der Waals surface area contributed by atoms with Crippen LogP contribution in [0.3, 0.4) is 0 Å². The highest BCUT2D eigenvalue weighted by atomic mass is 35.5. The second-order valence-corrected chi connectivity index (χ2v) is 5.50. The molecule has 4 aromatic rings. The molecule has 0 spiro atoms. The first-order valence-corrected chi connectivity index (χ1v) is 7.70. The molecule has 0 amide bonds. The van der Waals surface area contributed by atoms with Gasteiger partial charge in [-0.1, -0.05) is 35.0 Å². The van der Waals surface area contributed by atoms with Gasteiger partial charge in [-0.2, -0.15) is 4.98 Å². The Morgan fingerprint density at radius 3 is 2.88 bits per heavy atom. The summed E-state index contributed by atoms with van der Waals surface area (Å²) in [6.45, 7) is 0.145. The molecule has 0 saturated heterocycles. The molecule has 0 aliphatic heterocycles. The SMILES string of the molecule is Clc1cccc(-c2noc(COc3cccc(-n4cnnn4)c3)n2)c1. The average molecular weight is 355 g/mol. The Bertz CT molecular complexity index is 986. The zero-order valence-electron chi connectivity index (χ0n) is 12.8. The van der Waals surface area contributed by atoms with Crippen molar-refractivity contribution in [3.63, 3.8) is 0 Å². The van der Waals surface area contributed by atoms with Crippen LogP contribution in [-0.2, 0) is 6.61 Å². The molecule has 9 heteroatoms. The Morgan fingerprint density at radius 2 is 2.04 bits per heavy atom. The highest BCUT2D eigenvalue weighted by molar-refractivity contribution is 6.30. The molecule has 2 aromatic heterocycles. The Kier molecular flexibility index (Phi) is 4.09. The number of aromatic nitrogens is 6. The first-order valence-electron chi connectivity index (χ1n) is 7.33. The summed E-state index contributed by atoms with van der Waals surface area (Å²) in [6.07, 6.45) is 1.51. The van der Waals surface area contributed by atoms with E-state index in [0.29, 0.717) is 22.5 Å². The quantitative estimate of drug-likeness (QED) is 0.544. The van der Waals surface area contributed by atoms with Crippen molar-refractivity contribution in [1.29, 1.82) is 0 Å². The van der Waals surface area contributed by atoms with E-state index in [0.717, 1.165) is 11.3 Å². The standard InChI is InChI=1S/C16H11ClN6O2/c17-12-4-1-3-11(7-12)16-19-15(25-20-16)9-24-14-6-2-5-13(8-14)23-10-18-21-22-23/h1-8,10H,9H2. The molecule has 0 unspecified atom stereocenters. The topological polar surface area (TPSA) is 91.8 Å². The van der Waals surface area contributed by atoms with Gasteiger partial charge in [-0.3, -0.25) is 0 Å². The van der Waals surface area contributed by atoms with Crippen LogP contribution in [0.2, 0.25) is 5.02 Å². The molecule has 0 radical (unpaired) electrons. The van der Waals surface area contributed by atoms with Crippen molar-refractivity contribution in [2.45, 2.75) is 6.61 Å². The summed E-state index contributed by atoms with van der Waals surface area (Å²) in [5, 5.41) is 15.6. The van der Waals surface area contributed by atoms with Gasteiger partial charge in [0.05, 0.1) is 5.69 Å². The van der Waals surface area contributed by atoms with Crippen molar-refractivity contribution >= 4 is 11.6 Å². The summed E-state index contributed by atoms with van der Waals surface area (Å²) < 4.78 is 12.5. The number of halogens is 1. The smallest absolute Gasteiger partial charge is 0.264 e. The fourth-order valence-corrected chi connectivity index (χ4v) is 2.39. The van der Waals surface area contributed by atoms with Gasteiger partial charge in [0.2, 0.25) is 5.82 Å². The lowest BCUT2D eigenvalue weighted by Gasteiger charge is -2.05. The minimum absolute atomic E-state index is 0.145. The number of hydrogen-bond donors (Lipinski definition) is 0. The van der Waals surface area contributed by atoms with Crippen molar-refractivity contribution < 1.29 is 9.26 Å². The number of hydrogen-bond acceptors (Lipinski definition) is 7. The van der Waals surface area contributed by atoms with Gasteiger partial charge in [0.1, 0.15) is 12.1 Å². The zero-order valence-corrected chi connectivity index (χ0v) is 13.5. The van der Waals surface area contributed by atoms with Gasteiger partial charge in [0.25, 0.3) is 5.89 Å². The monoisotopic (exact) mass is 354 g/mol. The van der Waals surface area contributed by atoms with Crippen LogP contribution >= 0.6 is 11.6 Å². The lowest BCUT2D eigenvalue weighted by Crippen LogP contribution is -1.98. The summed E-state index contributed by atoms with van der Waals surface area (Å²) in [7, 11) is 0. The molecule has 0 aliphatic rings. The molecule has 0 aliphatic carbocycles. The average Bonchev–Trinajstić information content (AvgIpc) is 3.32. The summed E-state index contributed by atoms with van der Waals surface area (Å²) in [5.74, 6) is 1.46. The fourth-order valence-electron chi connectivity index (χ4n) is 2.20. The molecule has 124 valence electrons. The number of tetrazole rings is 1. The second kappa shape index (κ2) is 6.70. The van der Waals surface area contributed by atoms with E-state index in [2.05, 4.69) is 25.7 Å². The van der Waals surface area contributed by atoms with E-state index in [1.807, 2.05) is 36.4 Å². The van der Waals surface area contributed by atoms with Gasteiger partial charge in [0, 0.05) is 16.7 Å². The molecule has 0 N–H and O–H groups in total. The minimum atomic E-state index is 0.145. The largest absolute Gasteiger partial charge is 0.484 e. The van der Waals surface area contributed by atoms with Crippen LogP contribution < -0.4 is 4.74 Å². The lowest BCUT2D eigenvalue weighted by molar-refractivity contribution is 0.243. The van der Waals surface area contributed by atoms with Crippen molar-refractivity contribution in [2.75, 3.05) is 0 Å². The number of ether oxygens (including phenoxy) is 1. The van der Waals surface area contributed by atoms with Crippen molar-refractivity contribution in [3.05, 3.63) is 65.8 Å². The molecule has 2 heterocycles. The molecule has 25 heavy (non-hydrogen) atoms. The number of benzene rings is 2. The lowest BCUT2D eigenvalue weighted by atomic mass is 10.2. The highest BCUT2D eigenvalue weighted by Crippen LogP contribution is 2.21. The van der Waals surface area contributed by atoms with E-state index < -0.39 is 0 Å². The van der Waals surface area contributed by atoms with Crippen molar-refractivity contribution in [3.8, 4) is 22.8 Å². The Morgan fingerprint density at radius 1 is 1.12 bits per heavy atom. The van der Waals surface area contributed by atoms with Crippen LogP contribution in [-0.4, -0.2) is 30.3 Å². The first-order chi connectivity index (χ1) is 12.3. The predicted octanol–water partition coefficient (Wildman–Crippen LogP) is 2.94. The molecular weight excluding hydrogens is 344 g/mol. The normalized spacial score (nSPS) is 10.8. The summed E-state index contributed by atoms with van der Waals surface area (Å²) >= 11 is 5.97. The third-order valence-corrected chi connectivity index (χ3v) is 3.58. The third kappa shape index (κ3) is 3.48. The van der Waals surface area contributed by atoms with Crippen molar-refractivity contribution in [1.82, 2.24) is 30.3 Å². The van der Waals surface area contributed by atoms with Gasteiger partial charge in [-0.05, 0) is 34.7 Å². The van der Waals surface area contributed by atoms with E-state index >= 15 is 0 Å². The van der Waals surface area contributed by atoms with Gasteiger partial charge in [-0.25, -0.2) is 4.68 Å². The number of rotatable bonds is 5. The van der Waals surface area contributed by atoms with Crippen LogP contribution in [0.25, 0.3) is 17.1 Å². The third-order valence-electron chi connectivity index (χ3n) is 3.34. The number of nitrogens with zero attached hydrogens (tertiary/aromatic N) is 6. The Balaban J connectivity index is 1.46. The maximum absolute atomic E-state index is 5.97. The fraction of sp³-hybridized carbons (Fsp3) is 0.0625. The van der Waals surface area contributed by atoms with E-state index in [9.17, 15) is 0 Å². The first kappa shape index (κ1) is 15.3.